The zero-order valence-electron chi connectivity index (χ0n) is 13.8. The summed E-state index contributed by atoms with van der Waals surface area (Å²) in [6.45, 7) is 6.71. The Bertz CT molecular complexity index is 599. The molecule has 0 aromatic carbocycles. The monoisotopic (exact) mass is 320 g/mol. The maximum atomic E-state index is 12.5. The van der Waals surface area contributed by atoms with Gasteiger partial charge in [0.1, 0.15) is 18.2 Å². The van der Waals surface area contributed by atoms with Crippen molar-refractivity contribution in [2.75, 3.05) is 32.7 Å². The summed E-state index contributed by atoms with van der Waals surface area (Å²) in [6.07, 6.45) is 2.83. The number of urea groups is 1. The van der Waals surface area contributed by atoms with E-state index < -0.39 is 0 Å². The smallest absolute Gasteiger partial charge is 0.317 e. The number of nitrogens with one attached hydrogen (secondary N) is 1. The number of amides is 3. The van der Waals surface area contributed by atoms with Crippen molar-refractivity contribution in [3.8, 4) is 0 Å². The molecule has 1 atom stereocenters. The summed E-state index contributed by atoms with van der Waals surface area (Å²) in [5.41, 5.74) is 0. The summed E-state index contributed by atoms with van der Waals surface area (Å²) in [4.78, 5) is 32.1. The van der Waals surface area contributed by atoms with Gasteiger partial charge in [-0.3, -0.25) is 4.79 Å². The number of hydrogen-bond acceptors (Lipinski definition) is 4. The van der Waals surface area contributed by atoms with Gasteiger partial charge in [-0.1, -0.05) is 0 Å². The van der Waals surface area contributed by atoms with Crippen molar-refractivity contribution in [3.63, 3.8) is 0 Å². The predicted molar refractivity (Wildman–Crippen MR) is 83.9 cm³/mol. The van der Waals surface area contributed by atoms with Gasteiger partial charge in [0.2, 0.25) is 5.91 Å². The van der Waals surface area contributed by atoms with Gasteiger partial charge in [-0.2, -0.15) is 5.10 Å². The molecule has 2 fully saturated rings. The molecule has 0 spiro atoms. The Balaban J connectivity index is 1.62. The number of carbonyl (C=O) groups excluding carboxylic acids is 2. The van der Waals surface area contributed by atoms with Crippen LogP contribution in [0.15, 0.2) is 0 Å². The van der Waals surface area contributed by atoms with Gasteiger partial charge in [0.15, 0.2) is 0 Å². The summed E-state index contributed by atoms with van der Waals surface area (Å²) in [5, 5.41) is 7.23. The Kier molecular flexibility index (Phi) is 4.49. The molecule has 8 nitrogen and oxygen atoms in total. The van der Waals surface area contributed by atoms with Crippen LogP contribution in [0.1, 0.15) is 37.0 Å². The lowest BCUT2D eigenvalue weighted by Gasteiger charge is -2.35. The van der Waals surface area contributed by atoms with Gasteiger partial charge in [-0.05, 0) is 33.1 Å². The minimum Gasteiger partial charge on any atom is -0.339 e. The molecule has 2 saturated heterocycles. The van der Waals surface area contributed by atoms with Crippen LogP contribution >= 0.6 is 0 Å². The van der Waals surface area contributed by atoms with E-state index >= 15 is 0 Å². The summed E-state index contributed by atoms with van der Waals surface area (Å²) >= 11 is 0. The Morgan fingerprint density at radius 2 is 2.13 bits per heavy atom. The van der Waals surface area contributed by atoms with E-state index in [4.69, 9.17) is 0 Å². The Morgan fingerprint density at radius 1 is 1.30 bits per heavy atom. The minimum atomic E-state index is -0.138. The van der Waals surface area contributed by atoms with Gasteiger partial charge in [0.25, 0.3) is 0 Å². The lowest BCUT2D eigenvalue weighted by Crippen LogP contribution is -2.52. The van der Waals surface area contributed by atoms with Crippen LogP contribution in [-0.2, 0) is 4.79 Å². The molecule has 23 heavy (non-hydrogen) atoms. The third-order valence-corrected chi connectivity index (χ3v) is 4.50. The first-order valence-electron chi connectivity index (χ1n) is 8.25. The molecule has 8 heteroatoms. The Labute approximate surface area is 135 Å². The molecule has 1 aromatic heterocycles. The van der Waals surface area contributed by atoms with Crippen molar-refractivity contribution in [2.45, 2.75) is 39.2 Å². The van der Waals surface area contributed by atoms with E-state index in [1.54, 1.807) is 4.90 Å². The number of rotatable bonds is 3. The number of aromatic nitrogens is 3. The SMILES string of the molecule is Cc1nc(C)n([C@@H]2CCCN(C(=O)CN3CCCNC3=O)C2)n1. The van der Waals surface area contributed by atoms with Crippen LogP contribution in [0.5, 0.6) is 0 Å². The number of nitrogens with zero attached hydrogens (tertiary/aromatic N) is 5. The molecule has 3 rings (SSSR count). The van der Waals surface area contributed by atoms with Crippen molar-refractivity contribution in [1.29, 1.82) is 0 Å². The molecule has 0 bridgehead atoms. The largest absolute Gasteiger partial charge is 0.339 e. The molecule has 1 N–H and O–H groups in total. The minimum absolute atomic E-state index is 0.0150. The molecule has 0 aliphatic carbocycles. The van der Waals surface area contributed by atoms with E-state index in [-0.39, 0.29) is 24.5 Å². The van der Waals surface area contributed by atoms with Crippen LogP contribution < -0.4 is 5.32 Å². The highest BCUT2D eigenvalue weighted by atomic mass is 16.2. The zero-order valence-corrected chi connectivity index (χ0v) is 13.8. The summed E-state index contributed by atoms with van der Waals surface area (Å²) in [6, 6.07) is 0.0324. The first-order valence-corrected chi connectivity index (χ1v) is 8.25. The van der Waals surface area contributed by atoms with Crippen LogP contribution in [0.3, 0.4) is 0 Å². The fourth-order valence-corrected chi connectivity index (χ4v) is 3.36. The Hall–Kier alpha value is -2.12. The third-order valence-electron chi connectivity index (χ3n) is 4.50. The highest BCUT2D eigenvalue weighted by molar-refractivity contribution is 5.84. The highest BCUT2D eigenvalue weighted by Crippen LogP contribution is 2.22. The van der Waals surface area contributed by atoms with Crippen LogP contribution in [0.4, 0.5) is 4.79 Å². The average molecular weight is 320 g/mol. The van der Waals surface area contributed by atoms with Gasteiger partial charge in [-0.15, -0.1) is 0 Å². The van der Waals surface area contributed by atoms with E-state index in [9.17, 15) is 9.59 Å². The van der Waals surface area contributed by atoms with Crippen LogP contribution in [0.25, 0.3) is 0 Å². The standard InChI is InChI=1S/C15H24N6O2/c1-11-17-12(2)21(18-11)13-5-3-7-19(9-13)14(22)10-20-8-4-6-16-15(20)23/h13H,3-10H2,1-2H3,(H,16,23)/t13-/m1/s1. The van der Waals surface area contributed by atoms with Gasteiger partial charge in [0.05, 0.1) is 6.04 Å². The first-order chi connectivity index (χ1) is 11.0. The molecular formula is C15H24N6O2. The number of hydrogen-bond donors (Lipinski definition) is 1. The number of aryl methyl sites for hydroxylation is 2. The van der Waals surface area contributed by atoms with Crippen LogP contribution in [-0.4, -0.2) is 69.2 Å². The highest BCUT2D eigenvalue weighted by Gasteiger charge is 2.29. The third kappa shape index (κ3) is 3.46. The van der Waals surface area contributed by atoms with E-state index in [2.05, 4.69) is 15.4 Å². The molecule has 2 aliphatic rings. The quantitative estimate of drug-likeness (QED) is 0.878. The molecular weight excluding hydrogens is 296 g/mol. The summed E-state index contributed by atoms with van der Waals surface area (Å²) in [7, 11) is 0. The number of carbonyl (C=O) groups is 2. The van der Waals surface area contributed by atoms with E-state index in [0.717, 1.165) is 37.5 Å². The second kappa shape index (κ2) is 6.55. The van der Waals surface area contributed by atoms with E-state index in [1.165, 1.54) is 0 Å². The van der Waals surface area contributed by atoms with Crippen molar-refractivity contribution < 1.29 is 9.59 Å². The zero-order chi connectivity index (χ0) is 16.4. The second-order valence-electron chi connectivity index (χ2n) is 6.29. The maximum absolute atomic E-state index is 12.5. The van der Waals surface area contributed by atoms with Crippen molar-refractivity contribution in [3.05, 3.63) is 11.6 Å². The average Bonchev–Trinajstić information content (AvgIpc) is 2.88. The van der Waals surface area contributed by atoms with Gasteiger partial charge < -0.3 is 15.1 Å². The molecule has 0 radical (unpaired) electrons. The number of piperidine rings is 1. The summed E-state index contributed by atoms with van der Waals surface area (Å²) < 4.78 is 1.93. The molecule has 1 aromatic rings. The second-order valence-corrected chi connectivity index (χ2v) is 6.29. The maximum Gasteiger partial charge on any atom is 0.317 e. The lowest BCUT2D eigenvalue weighted by atomic mass is 10.1. The first kappa shape index (κ1) is 15.8. The lowest BCUT2D eigenvalue weighted by molar-refractivity contribution is -0.133. The van der Waals surface area contributed by atoms with E-state index in [0.29, 0.717) is 19.6 Å². The van der Waals surface area contributed by atoms with Gasteiger partial charge in [0, 0.05) is 26.2 Å². The Morgan fingerprint density at radius 3 is 2.83 bits per heavy atom. The van der Waals surface area contributed by atoms with Crippen molar-refractivity contribution >= 4 is 11.9 Å². The molecule has 2 aliphatic heterocycles. The van der Waals surface area contributed by atoms with Crippen LogP contribution in [0.2, 0.25) is 0 Å². The van der Waals surface area contributed by atoms with Crippen molar-refractivity contribution in [2.24, 2.45) is 0 Å². The molecule has 0 unspecified atom stereocenters. The molecule has 126 valence electrons. The summed E-state index contributed by atoms with van der Waals surface area (Å²) in [5.74, 6) is 1.66. The molecule has 3 amide bonds. The van der Waals surface area contributed by atoms with Gasteiger partial charge >= 0.3 is 6.03 Å². The molecule has 3 heterocycles. The van der Waals surface area contributed by atoms with Gasteiger partial charge in [-0.25, -0.2) is 14.5 Å². The van der Waals surface area contributed by atoms with Crippen molar-refractivity contribution in [1.82, 2.24) is 29.9 Å². The topological polar surface area (TPSA) is 83.4 Å². The fourth-order valence-electron chi connectivity index (χ4n) is 3.36. The normalized spacial score (nSPS) is 22.2. The molecule has 0 saturated carbocycles. The van der Waals surface area contributed by atoms with Crippen LogP contribution in [0, 0.1) is 13.8 Å². The number of likely N-dealkylation sites (tertiary alicyclic amines) is 1. The predicted octanol–water partition coefficient (Wildman–Crippen LogP) is 0.474. The fraction of sp³-hybridized carbons (Fsp3) is 0.733. The van der Waals surface area contributed by atoms with E-state index in [1.807, 2.05) is 23.4 Å².